The lowest BCUT2D eigenvalue weighted by molar-refractivity contribution is -0.919. The second-order valence-electron chi connectivity index (χ2n) is 5.06. The molecule has 3 nitrogen and oxygen atoms in total. The molecule has 1 rings (SSSR count). The first-order chi connectivity index (χ1) is 10.2. The highest BCUT2D eigenvalue weighted by molar-refractivity contribution is 5.81. The molecule has 114 valence electrons. The monoisotopic (exact) mass is 288 g/mol. The van der Waals surface area contributed by atoms with E-state index < -0.39 is 0 Å². The Balaban J connectivity index is 2.56. The molecule has 0 aliphatic rings. The lowest BCUT2D eigenvalue weighted by atomic mass is 10.2. The number of hydrogen-bond acceptors (Lipinski definition) is 2. The smallest absolute Gasteiger partial charge is 0.330 e. The van der Waals surface area contributed by atoms with Gasteiger partial charge in [-0.2, -0.15) is 0 Å². The van der Waals surface area contributed by atoms with Crippen molar-refractivity contribution in [3.63, 3.8) is 0 Å². The second-order valence-corrected chi connectivity index (χ2v) is 5.06. The fourth-order valence-corrected chi connectivity index (χ4v) is 2.26. The summed E-state index contributed by atoms with van der Waals surface area (Å²) in [6.07, 6.45) is 5.56. The van der Waals surface area contributed by atoms with E-state index in [1.807, 2.05) is 18.2 Å². The Hall–Kier alpha value is -1.87. The van der Waals surface area contributed by atoms with Gasteiger partial charge in [0.25, 0.3) is 0 Å². The van der Waals surface area contributed by atoms with Gasteiger partial charge in [-0.05, 0) is 25.5 Å². The Labute approximate surface area is 128 Å². The summed E-state index contributed by atoms with van der Waals surface area (Å²) in [4.78, 5) is 11.1. The Bertz CT molecular complexity index is 461. The van der Waals surface area contributed by atoms with Crippen molar-refractivity contribution >= 4 is 12.0 Å². The zero-order valence-electron chi connectivity index (χ0n) is 13.1. The molecule has 1 aromatic carbocycles. The van der Waals surface area contributed by atoms with Crippen LogP contribution in [0.25, 0.3) is 6.08 Å². The zero-order valence-corrected chi connectivity index (χ0v) is 13.1. The van der Waals surface area contributed by atoms with Gasteiger partial charge in [-0.25, -0.2) is 4.79 Å². The predicted molar refractivity (Wildman–Crippen MR) is 87.7 cm³/mol. The number of likely N-dealkylation sites (N-methyl/N-ethyl adjacent to an activating group) is 1. The van der Waals surface area contributed by atoms with Crippen LogP contribution in [0, 0.1) is 0 Å². The minimum Gasteiger partial charge on any atom is -0.457 e. The normalized spacial score (nSPS) is 11.5. The van der Waals surface area contributed by atoms with Gasteiger partial charge in [0.05, 0.1) is 19.6 Å². The number of quaternary nitrogens is 1. The van der Waals surface area contributed by atoms with Crippen LogP contribution in [-0.2, 0) is 9.53 Å². The molecule has 0 spiro atoms. The van der Waals surface area contributed by atoms with Crippen molar-refractivity contribution in [3.05, 3.63) is 54.6 Å². The number of carbonyl (C=O) groups is 1. The maximum Gasteiger partial charge on any atom is 0.330 e. The molecule has 0 saturated heterocycles. The van der Waals surface area contributed by atoms with Crippen LogP contribution in [0.1, 0.15) is 19.4 Å². The summed E-state index contributed by atoms with van der Waals surface area (Å²) >= 11 is 0. The quantitative estimate of drug-likeness (QED) is 0.396. The van der Waals surface area contributed by atoms with Gasteiger partial charge in [0.2, 0.25) is 0 Å². The van der Waals surface area contributed by atoms with Gasteiger partial charge < -0.3 is 9.22 Å². The van der Waals surface area contributed by atoms with Crippen LogP contribution >= 0.6 is 0 Å². The molecule has 0 atom stereocenters. The number of rotatable bonds is 9. The molecule has 21 heavy (non-hydrogen) atoms. The van der Waals surface area contributed by atoms with Crippen molar-refractivity contribution in [2.24, 2.45) is 0 Å². The predicted octanol–water partition coefficient (Wildman–Crippen LogP) is 3.29. The Morgan fingerprint density at radius 2 is 1.90 bits per heavy atom. The number of ether oxygens (including phenoxy) is 1. The lowest BCUT2D eigenvalue weighted by Gasteiger charge is -2.35. The first kappa shape index (κ1) is 17.2. The molecule has 0 saturated carbocycles. The fourth-order valence-electron chi connectivity index (χ4n) is 2.26. The van der Waals surface area contributed by atoms with Crippen LogP contribution < -0.4 is 0 Å². The molecule has 0 aliphatic carbocycles. The molecule has 0 radical (unpaired) electrons. The number of hydrogen-bond donors (Lipinski definition) is 0. The van der Waals surface area contributed by atoms with Crippen LogP contribution in [0.2, 0.25) is 0 Å². The van der Waals surface area contributed by atoms with Crippen LogP contribution in [-0.4, -0.2) is 43.2 Å². The summed E-state index contributed by atoms with van der Waals surface area (Å²) in [5, 5.41) is 0. The van der Waals surface area contributed by atoms with E-state index in [9.17, 15) is 4.79 Å². The molecular weight excluding hydrogens is 262 g/mol. The molecule has 0 unspecified atom stereocenters. The average molecular weight is 288 g/mol. The number of benzene rings is 1. The van der Waals surface area contributed by atoms with Gasteiger partial charge in [0.1, 0.15) is 13.2 Å². The van der Waals surface area contributed by atoms with E-state index in [0.717, 1.165) is 30.7 Å². The van der Waals surface area contributed by atoms with Crippen molar-refractivity contribution in [2.75, 3.05) is 32.8 Å². The zero-order chi connectivity index (χ0) is 15.6. The summed E-state index contributed by atoms with van der Waals surface area (Å²) in [7, 11) is 0. The van der Waals surface area contributed by atoms with Crippen molar-refractivity contribution in [2.45, 2.75) is 13.8 Å². The first-order valence-corrected chi connectivity index (χ1v) is 7.51. The molecule has 0 bridgehead atoms. The van der Waals surface area contributed by atoms with Gasteiger partial charge in [-0.1, -0.05) is 43.0 Å². The molecule has 0 heterocycles. The van der Waals surface area contributed by atoms with E-state index >= 15 is 0 Å². The third-order valence-electron chi connectivity index (χ3n) is 3.92. The maximum absolute atomic E-state index is 11.1. The summed E-state index contributed by atoms with van der Waals surface area (Å²) in [5.74, 6) is -0.347. The first-order valence-electron chi connectivity index (χ1n) is 7.51. The molecule has 1 aromatic rings. The number of nitrogens with zero attached hydrogens (tertiary/aromatic N) is 1. The largest absolute Gasteiger partial charge is 0.457 e. The standard InChI is InChI=1S/C18H26NO2/c1-4-18(20)21-16-15-19(5-2,6-3)14-10-13-17-11-8-7-9-12-17/h4,7-13H,1,5-6,14-16H2,2-3H3/q+1. The van der Waals surface area contributed by atoms with Gasteiger partial charge in [0, 0.05) is 6.08 Å². The molecule has 0 aromatic heterocycles. The molecule has 0 N–H and O–H groups in total. The van der Waals surface area contributed by atoms with Gasteiger partial charge in [0.15, 0.2) is 0 Å². The van der Waals surface area contributed by atoms with E-state index in [1.54, 1.807) is 0 Å². The maximum atomic E-state index is 11.1. The topological polar surface area (TPSA) is 26.3 Å². The van der Waals surface area contributed by atoms with Crippen LogP contribution in [0.4, 0.5) is 0 Å². The minimum atomic E-state index is -0.347. The number of esters is 1. The van der Waals surface area contributed by atoms with Crippen LogP contribution in [0.5, 0.6) is 0 Å². The van der Waals surface area contributed by atoms with Crippen LogP contribution in [0.3, 0.4) is 0 Å². The Morgan fingerprint density at radius 1 is 1.24 bits per heavy atom. The van der Waals surface area contributed by atoms with Crippen molar-refractivity contribution in [1.82, 2.24) is 0 Å². The highest BCUT2D eigenvalue weighted by atomic mass is 16.5. The SMILES string of the molecule is C=CC(=O)OCC[N+](CC)(CC)CC=Cc1ccccc1. The van der Waals surface area contributed by atoms with Gasteiger partial charge >= 0.3 is 5.97 Å². The second kappa shape index (κ2) is 9.14. The molecular formula is C18H26NO2+. The molecule has 0 fully saturated rings. The Kier molecular flexibility index (Phi) is 7.48. The molecule has 0 amide bonds. The summed E-state index contributed by atoms with van der Waals surface area (Å²) < 4.78 is 6.03. The lowest BCUT2D eigenvalue weighted by Crippen LogP contribution is -2.50. The highest BCUT2D eigenvalue weighted by Crippen LogP contribution is 2.09. The van der Waals surface area contributed by atoms with Crippen molar-refractivity contribution in [3.8, 4) is 0 Å². The van der Waals surface area contributed by atoms with Gasteiger partial charge in [-0.3, -0.25) is 0 Å². The molecule has 3 heteroatoms. The van der Waals surface area contributed by atoms with E-state index in [4.69, 9.17) is 4.74 Å². The summed E-state index contributed by atoms with van der Waals surface area (Å²) in [6.45, 7) is 12.0. The van der Waals surface area contributed by atoms with Crippen LogP contribution in [0.15, 0.2) is 49.1 Å². The van der Waals surface area contributed by atoms with E-state index in [-0.39, 0.29) is 5.97 Å². The Morgan fingerprint density at radius 3 is 2.48 bits per heavy atom. The third kappa shape index (κ3) is 5.96. The highest BCUT2D eigenvalue weighted by Gasteiger charge is 2.21. The average Bonchev–Trinajstić information content (AvgIpc) is 2.54. The van der Waals surface area contributed by atoms with E-state index in [0.29, 0.717) is 6.61 Å². The number of carbonyl (C=O) groups excluding carboxylic acids is 1. The minimum absolute atomic E-state index is 0.347. The molecule has 0 aliphatic heterocycles. The van der Waals surface area contributed by atoms with Crippen molar-refractivity contribution in [1.29, 1.82) is 0 Å². The van der Waals surface area contributed by atoms with E-state index in [2.05, 4.69) is 44.7 Å². The summed E-state index contributed by atoms with van der Waals surface area (Å²) in [5.41, 5.74) is 1.21. The summed E-state index contributed by atoms with van der Waals surface area (Å²) in [6, 6.07) is 10.3. The third-order valence-corrected chi connectivity index (χ3v) is 3.92. The van der Waals surface area contributed by atoms with Crippen molar-refractivity contribution < 1.29 is 14.0 Å². The van der Waals surface area contributed by atoms with E-state index in [1.165, 1.54) is 11.6 Å². The fraction of sp³-hybridized carbons (Fsp3) is 0.389. The van der Waals surface area contributed by atoms with Gasteiger partial charge in [-0.15, -0.1) is 0 Å².